The number of benzene rings is 1. The fraction of sp³-hybridized carbons (Fsp3) is 0.312. The molecule has 0 saturated heterocycles. The van der Waals surface area contributed by atoms with Gasteiger partial charge < -0.3 is 19.4 Å². The molecule has 1 aliphatic rings. The van der Waals surface area contributed by atoms with Crippen molar-refractivity contribution in [2.45, 2.75) is 13.0 Å². The van der Waals surface area contributed by atoms with E-state index in [0.29, 0.717) is 6.54 Å². The highest BCUT2D eigenvalue weighted by Gasteiger charge is 2.17. The summed E-state index contributed by atoms with van der Waals surface area (Å²) in [5.74, 6) is 0.556. The standard InChI is InChI=1S/C16H18N2O3/c1-20-16(19)15-8-7-12(21-15)11-18-10-4-9-17-13-5-2-3-6-14(13)18/h2-3,5-8,17H,4,9-11H2,1H3. The minimum Gasteiger partial charge on any atom is -0.463 e. The van der Waals surface area contributed by atoms with Gasteiger partial charge in [-0.05, 0) is 30.7 Å². The van der Waals surface area contributed by atoms with Crippen LogP contribution in [0, 0.1) is 0 Å². The molecule has 0 aliphatic carbocycles. The lowest BCUT2D eigenvalue weighted by Crippen LogP contribution is -2.23. The largest absolute Gasteiger partial charge is 0.463 e. The van der Waals surface area contributed by atoms with Crippen LogP contribution in [0.3, 0.4) is 0 Å². The highest BCUT2D eigenvalue weighted by Crippen LogP contribution is 2.29. The number of methoxy groups -OCH3 is 1. The molecule has 0 bridgehead atoms. The number of rotatable bonds is 3. The topological polar surface area (TPSA) is 54.7 Å². The number of nitrogens with one attached hydrogen (secondary N) is 1. The summed E-state index contributed by atoms with van der Waals surface area (Å²) in [6.07, 6.45) is 1.05. The van der Waals surface area contributed by atoms with Crippen LogP contribution < -0.4 is 10.2 Å². The Hall–Kier alpha value is -2.43. The molecule has 5 heteroatoms. The molecule has 2 heterocycles. The highest BCUT2D eigenvalue weighted by atomic mass is 16.5. The number of anilines is 2. The van der Waals surface area contributed by atoms with Gasteiger partial charge in [0, 0.05) is 13.1 Å². The lowest BCUT2D eigenvalue weighted by atomic mass is 10.2. The van der Waals surface area contributed by atoms with Gasteiger partial charge in [0.2, 0.25) is 5.76 Å². The Morgan fingerprint density at radius 1 is 1.33 bits per heavy atom. The number of ether oxygens (including phenoxy) is 1. The van der Waals surface area contributed by atoms with Crippen LogP contribution in [0.5, 0.6) is 0 Å². The first-order valence-corrected chi connectivity index (χ1v) is 7.03. The summed E-state index contributed by atoms with van der Waals surface area (Å²) in [7, 11) is 1.35. The van der Waals surface area contributed by atoms with Crippen molar-refractivity contribution in [1.29, 1.82) is 0 Å². The average Bonchev–Trinajstić information content (AvgIpc) is 2.89. The molecule has 110 valence electrons. The zero-order chi connectivity index (χ0) is 14.7. The number of furan rings is 1. The summed E-state index contributed by atoms with van der Waals surface area (Å²) in [5.41, 5.74) is 2.29. The molecule has 3 rings (SSSR count). The van der Waals surface area contributed by atoms with Crippen molar-refractivity contribution in [1.82, 2.24) is 0 Å². The normalized spacial score (nSPS) is 14.0. The molecule has 0 radical (unpaired) electrons. The van der Waals surface area contributed by atoms with Crippen molar-refractivity contribution in [3.05, 3.63) is 47.9 Å². The molecule has 5 nitrogen and oxygen atoms in total. The first-order chi connectivity index (χ1) is 10.3. The minimum atomic E-state index is -0.445. The summed E-state index contributed by atoms with van der Waals surface area (Å²) in [5, 5.41) is 3.43. The maximum Gasteiger partial charge on any atom is 0.373 e. The second kappa shape index (κ2) is 5.91. The van der Waals surface area contributed by atoms with Crippen molar-refractivity contribution < 1.29 is 13.9 Å². The van der Waals surface area contributed by atoms with Gasteiger partial charge in [-0.15, -0.1) is 0 Å². The van der Waals surface area contributed by atoms with Gasteiger partial charge in [-0.3, -0.25) is 0 Å². The fourth-order valence-corrected chi connectivity index (χ4v) is 2.54. The number of fused-ring (bicyclic) bond motifs is 1. The van der Waals surface area contributed by atoms with E-state index in [1.54, 1.807) is 6.07 Å². The fourth-order valence-electron chi connectivity index (χ4n) is 2.54. The Bertz CT molecular complexity index is 636. The maximum absolute atomic E-state index is 11.4. The van der Waals surface area contributed by atoms with Crippen LogP contribution in [-0.4, -0.2) is 26.2 Å². The van der Waals surface area contributed by atoms with Crippen LogP contribution in [0.4, 0.5) is 11.4 Å². The van der Waals surface area contributed by atoms with Crippen molar-refractivity contribution in [2.24, 2.45) is 0 Å². The van der Waals surface area contributed by atoms with E-state index >= 15 is 0 Å². The number of hydrogen-bond acceptors (Lipinski definition) is 5. The number of nitrogens with zero attached hydrogens (tertiary/aromatic N) is 1. The summed E-state index contributed by atoms with van der Waals surface area (Å²) >= 11 is 0. The molecule has 0 fully saturated rings. The van der Waals surface area contributed by atoms with E-state index in [-0.39, 0.29) is 5.76 Å². The van der Waals surface area contributed by atoms with E-state index in [1.165, 1.54) is 7.11 Å². The zero-order valence-corrected chi connectivity index (χ0v) is 12.0. The Morgan fingerprint density at radius 2 is 2.19 bits per heavy atom. The van der Waals surface area contributed by atoms with Gasteiger partial charge in [0.25, 0.3) is 0 Å². The Labute approximate surface area is 123 Å². The van der Waals surface area contributed by atoms with Crippen LogP contribution in [0.1, 0.15) is 22.7 Å². The van der Waals surface area contributed by atoms with Crippen molar-refractivity contribution in [3.8, 4) is 0 Å². The quantitative estimate of drug-likeness (QED) is 0.879. The summed E-state index contributed by atoms with van der Waals surface area (Å²) in [6, 6.07) is 11.7. The zero-order valence-electron chi connectivity index (χ0n) is 12.0. The molecule has 0 unspecified atom stereocenters. The van der Waals surface area contributed by atoms with E-state index in [2.05, 4.69) is 27.1 Å². The second-order valence-corrected chi connectivity index (χ2v) is 4.98. The Balaban J connectivity index is 1.81. The lowest BCUT2D eigenvalue weighted by Gasteiger charge is -2.23. The predicted octanol–water partition coefficient (Wildman–Crippen LogP) is 2.89. The van der Waals surface area contributed by atoms with Gasteiger partial charge in [-0.2, -0.15) is 0 Å². The summed E-state index contributed by atoms with van der Waals surface area (Å²) in [4.78, 5) is 13.7. The monoisotopic (exact) mass is 286 g/mol. The minimum absolute atomic E-state index is 0.244. The molecule has 1 aromatic carbocycles. The molecule has 0 spiro atoms. The SMILES string of the molecule is COC(=O)c1ccc(CN2CCCNc3ccccc32)o1. The third-order valence-electron chi connectivity index (χ3n) is 3.56. The first kappa shape index (κ1) is 13.5. The van der Waals surface area contributed by atoms with Crippen LogP contribution in [0.15, 0.2) is 40.8 Å². The molecule has 2 aromatic rings. The molecule has 0 atom stereocenters. The van der Waals surface area contributed by atoms with Crippen molar-refractivity contribution in [3.63, 3.8) is 0 Å². The van der Waals surface area contributed by atoms with Crippen LogP contribution in [0.2, 0.25) is 0 Å². The van der Waals surface area contributed by atoms with Gasteiger partial charge in [0.05, 0.1) is 25.0 Å². The van der Waals surface area contributed by atoms with Crippen LogP contribution in [0.25, 0.3) is 0 Å². The third-order valence-corrected chi connectivity index (χ3v) is 3.56. The lowest BCUT2D eigenvalue weighted by molar-refractivity contribution is 0.0563. The van der Waals surface area contributed by atoms with Crippen LogP contribution in [-0.2, 0) is 11.3 Å². The number of carbonyl (C=O) groups is 1. The molecule has 1 aromatic heterocycles. The molecule has 1 N–H and O–H groups in total. The molecular formula is C16H18N2O3. The maximum atomic E-state index is 11.4. The average molecular weight is 286 g/mol. The van der Waals surface area contributed by atoms with Gasteiger partial charge in [-0.1, -0.05) is 12.1 Å². The van der Waals surface area contributed by atoms with E-state index in [1.807, 2.05) is 18.2 Å². The highest BCUT2D eigenvalue weighted by molar-refractivity contribution is 5.86. The summed E-state index contributed by atoms with van der Waals surface area (Å²) < 4.78 is 10.2. The summed E-state index contributed by atoms with van der Waals surface area (Å²) in [6.45, 7) is 2.53. The molecule has 0 saturated carbocycles. The van der Waals surface area contributed by atoms with Gasteiger partial charge in [0.15, 0.2) is 0 Å². The van der Waals surface area contributed by atoms with Crippen LogP contribution >= 0.6 is 0 Å². The number of carbonyl (C=O) groups excluding carboxylic acids is 1. The number of hydrogen-bond donors (Lipinski definition) is 1. The Kier molecular flexibility index (Phi) is 3.81. The van der Waals surface area contributed by atoms with E-state index in [9.17, 15) is 4.79 Å². The number of para-hydroxylation sites is 2. The number of esters is 1. The first-order valence-electron chi connectivity index (χ1n) is 7.03. The van der Waals surface area contributed by atoms with Gasteiger partial charge in [0.1, 0.15) is 5.76 Å². The van der Waals surface area contributed by atoms with Crippen molar-refractivity contribution >= 4 is 17.3 Å². The smallest absolute Gasteiger partial charge is 0.373 e. The third kappa shape index (κ3) is 2.86. The van der Waals surface area contributed by atoms with E-state index < -0.39 is 5.97 Å². The van der Waals surface area contributed by atoms with E-state index in [4.69, 9.17) is 4.42 Å². The van der Waals surface area contributed by atoms with Crippen molar-refractivity contribution in [2.75, 3.05) is 30.4 Å². The van der Waals surface area contributed by atoms with Gasteiger partial charge in [-0.25, -0.2) is 4.79 Å². The molecular weight excluding hydrogens is 268 g/mol. The molecule has 21 heavy (non-hydrogen) atoms. The second-order valence-electron chi connectivity index (χ2n) is 4.98. The predicted molar refractivity (Wildman–Crippen MR) is 80.6 cm³/mol. The Morgan fingerprint density at radius 3 is 3.05 bits per heavy atom. The molecule has 0 amide bonds. The molecule has 1 aliphatic heterocycles. The van der Waals surface area contributed by atoms with E-state index in [0.717, 1.165) is 36.6 Å². The van der Waals surface area contributed by atoms with Gasteiger partial charge >= 0.3 is 5.97 Å².